The van der Waals surface area contributed by atoms with E-state index in [1.54, 1.807) is 48.5 Å². The smallest absolute Gasteiger partial charge is 0.374 e. The molecule has 108 valence electrons. The Morgan fingerprint density at radius 2 is 1.95 bits per heavy atom. The van der Waals surface area contributed by atoms with Crippen molar-refractivity contribution in [2.75, 3.05) is 0 Å². The minimum atomic E-state index is -0.545. The summed E-state index contributed by atoms with van der Waals surface area (Å²) in [6, 6.07) is 15.6. The number of benzene rings is 2. The molecule has 0 aliphatic carbocycles. The molecule has 3 aromatic rings. The van der Waals surface area contributed by atoms with Crippen LogP contribution in [-0.2, 0) is 11.3 Å². The Morgan fingerprint density at radius 3 is 2.68 bits per heavy atom. The van der Waals surface area contributed by atoms with Crippen LogP contribution in [0.5, 0.6) is 0 Å². The van der Waals surface area contributed by atoms with E-state index in [2.05, 4.69) is 0 Å². The zero-order valence-corrected chi connectivity index (χ0v) is 12.1. The van der Waals surface area contributed by atoms with E-state index in [1.807, 2.05) is 6.07 Å². The second-order valence-corrected chi connectivity index (χ2v) is 5.11. The van der Waals surface area contributed by atoms with E-state index in [9.17, 15) is 4.79 Å². The number of rotatable bonds is 3. The Morgan fingerprint density at radius 1 is 1.18 bits per heavy atom. The zero-order chi connectivity index (χ0) is 15.5. The number of carbonyl (C=O) groups excluding carboxylic acids is 1. The van der Waals surface area contributed by atoms with Crippen molar-refractivity contribution in [3.63, 3.8) is 0 Å². The average molecular weight is 312 g/mol. The molecule has 1 aromatic heterocycles. The molecule has 0 bridgehead atoms. The molecule has 1 heterocycles. The van der Waals surface area contributed by atoms with Gasteiger partial charge in [0, 0.05) is 10.4 Å². The van der Waals surface area contributed by atoms with E-state index in [1.165, 1.54) is 0 Å². The molecule has 4 nitrogen and oxygen atoms in total. The lowest BCUT2D eigenvalue weighted by Crippen LogP contribution is -2.03. The van der Waals surface area contributed by atoms with Gasteiger partial charge in [0.25, 0.3) is 0 Å². The normalized spacial score (nSPS) is 10.4. The average Bonchev–Trinajstić information content (AvgIpc) is 2.96. The molecule has 0 N–H and O–H groups in total. The molecule has 22 heavy (non-hydrogen) atoms. The van der Waals surface area contributed by atoms with Crippen LogP contribution >= 0.6 is 11.6 Å². The number of ether oxygens (including phenoxy) is 1. The fourth-order valence-electron chi connectivity index (χ4n) is 2.01. The van der Waals surface area contributed by atoms with Crippen LogP contribution in [0.1, 0.15) is 21.7 Å². The van der Waals surface area contributed by atoms with Crippen LogP contribution in [0, 0.1) is 11.3 Å². The molecule has 0 saturated heterocycles. The number of hydrogen-bond acceptors (Lipinski definition) is 4. The van der Waals surface area contributed by atoms with Gasteiger partial charge in [0.2, 0.25) is 5.76 Å². The Labute approximate surface area is 131 Å². The van der Waals surface area contributed by atoms with Crippen LogP contribution in [0.4, 0.5) is 0 Å². The van der Waals surface area contributed by atoms with Crippen LogP contribution in [-0.4, -0.2) is 5.97 Å². The largest absolute Gasteiger partial charge is 0.455 e. The Kier molecular flexibility index (Phi) is 3.82. The number of halogens is 1. The first kappa shape index (κ1) is 14.2. The molecule has 0 unspecified atom stereocenters. The summed E-state index contributed by atoms with van der Waals surface area (Å²) >= 11 is 5.89. The number of nitriles is 1. The van der Waals surface area contributed by atoms with Crippen LogP contribution in [0.3, 0.4) is 0 Å². The molecule has 0 radical (unpaired) electrons. The summed E-state index contributed by atoms with van der Waals surface area (Å²) in [5.41, 5.74) is 1.94. The van der Waals surface area contributed by atoms with Gasteiger partial charge in [-0.1, -0.05) is 23.7 Å². The standard InChI is InChI=1S/C17H10ClNO3/c18-14-5-6-15-13(7-14)8-16(22-15)17(20)21-10-12-3-1-11(9-19)2-4-12/h1-8H,10H2. The van der Waals surface area contributed by atoms with Crippen molar-refractivity contribution in [2.45, 2.75) is 6.61 Å². The number of fused-ring (bicyclic) bond motifs is 1. The molecular formula is C17H10ClNO3. The third-order valence-corrected chi connectivity index (χ3v) is 3.37. The molecule has 5 heteroatoms. The zero-order valence-electron chi connectivity index (χ0n) is 11.4. The molecule has 0 spiro atoms. The van der Waals surface area contributed by atoms with Crippen molar-refractivity contribution >= 4 is 28.5 Å². The SMILES string of the molecule is N#Cc1ccc(COC(=O)c2cc3cc(Cl)ccc3o2)cc1. The predicted molar refractivity (Wildman–Crippen MR) is 81.5 cm³/mol. The van der Waals surface area contributed by atoms with Crippen LogP contribution in [0.25, 0.3) is 11.0 Å². The molecule has 3 rings (SSSR count). The van der Waals surface area contributed by atoms with Gasteiger partial charge in [-0.3, -0.25) is 0 Å². The van der Waals surface area contributed by atoms with E-state index in [0.29, 0.717) is 16.2 Å². The van der Waals surface area contributed by atoms with Gasteiger partial charge in [-0.2, -0.15) is 5.26 Å². The van der Waals surface area contributed by atoms with Crippen molar-refractivity contribution in [3.05, 3.63) is 70.4 Å². The maximum atomic E-state index is 12.0. The highest BCUT2D eigenvalue weighted by atomic mass is 35.5. The number of carbonyl (C=O) groups is 1. The summed E-state index contributed by atoms with van der Waals surface area (Å²) in [5, 5.41) is 10.0. The predicted octanol–water partition coefficient (Wildman–Crippen LogP) is 4.31. The Balaban J connectivity index is 1.71. The van der Waals surface area contributed by atoms with Crippen molar-refractivity contribution < 1.29 is 13.9 Å². The van der Waals surface area contributed by atoms with Crippen LogP contribution < -0.4 is 0 Å². The summed E-state index contributed by atoms with van der Waals surface area (Å²) < 4.78 is 10.6. The summed E-state index contributed by atoms with van der Waals surface area (Å²) in [5.74, 6) is -0.414. The van der Waals surface area contributed by atoms with Crippen LogP contribution in [0.15, 0.2) is 52.9 Å². The van der Waals surface area contributed by atoms with Crippen LogP contribution in [0.2, 0.25) is 5.02 Å². The van der Waals surface area contributed by atoms with Gasteiger partial charge in [-0.05, 0) is 42.0 Å². The van der Waals surface area contributed by atoms with Gasteiger partial charge in [0.05, 0.1) is 11.6 Å². The van der Waals surface area contributed by atoms with Crippen molar-refractivity contribution in [1.29, 1.82) is 5.26 Å². The van der Waals surface area contributed by atoms with Gasteiger partial charge < -0.3 is 9.15 Å². The second kappa shape index (κ2) is 5.92. The fraction of sp³-hybridized carbons (Fsp3) is 0.0588. The Bertz CT molecular complexity index is 875. The highest BCUT2D eigenvalue weighted by molar-refractivity contribution is 6.31. The summed E-state index contributed by atoms with van der Waals surface area (Å²) in [4.78, 5) is 12.0. The van der Waals surface area contributed by atoms with E-state index in [-0.39, 0.29) is 12.4 Å². The van der Waals surface area contributed by atoms with Gasteiger partial charge in [-0.15, -0.1) is 0 Å². The third kappa shape index (κ3) is 2.95. The highest BCUT2D eigenvalue weighted by Gasteiger charge is 2.14. The fourth-order valence-corrected chi connectivity index (χ4v) is 2.19. The van der Waals surface area contributed by atoms with Gasteiger partial charge in [0.15, 0.2) is 0 Å². The van der Waals surface area contributed by atoms with E-state index >= 15 is 0 Å². The first-order valence-electron chi connectivity index (χ1n) is 6.51. The lowest BCUT2D eigenvalue weighted by Gasteiger charge is -2.02. The van der Waals surface area contributed by atoms with Gasteiger partial charge in [-0.25, -0.2) is 4.79 Å². The summed E-state index contributed by atoms with van der Waals surface area (Å²) in [6.45, 7) is 0.113. The molecule has 0 atom stereocenters. The number of furan rings is 1. The molecular weight excluding hydrogens is 302 g/mol. The number of esters is 1. The maximum Gasteiger partial charge on any atom is 0.374 e. The highest BCUT2D eigenvalue weighted by Crippen LogP contribution is 2.23. The molecule has 0 aliphatic heterocycles. The second-order valence-electron chi connectivity index (χ2n) is 4.68. The molecule has 0 fully saturated rings. The first-order chi connectivity index (χ1) is 10.7. The maximum absolute atomic E-state index is 12.0. The first-order valence-corrected chi connectivity index (χ1v) is 6.89. The molecule has 0 aliphatic rings. The lowest BCUT2D eigenvalue weighted by molar-refractivity contribution is 0.0439. The molecule has 0 amide bonds. The van der Waals surface area contributed by atoms with Gasteiger partial charge in [0.1, 0.15) is 12.2 Å². The van der Waals surface area contributed by atoms with Crippen molar-refractivity contribution in [2.24, 2.45) is 0 Å². The summed E-state index contributed by atoms with van der Waals surface area (Å²) in [7, 11) is 0. The number of nitrogens with zero attached hydrogens (tertiary/aromatic N) is 1. The van der Waals surface area contributed by atoms with Gasteiger partial charge >= 0.3 is 5.97 Å². The minimum Gasteiger partial charge on any atom is -0.455 e. The third-order valence-electron chi connectivity index (χ3n) is 3.13. The quantitative estimate of drug-likeness (QED) is 0.676. The monoisotopic (exact) mass is 311 g/mol. The topological polar surface area (TPSA) is 63.2 Å². The van der Waals surface area contributed by atoms with E-state index < -0.39 is 5.97 Å². The molecule has 2 aromatic carbocycles. The summed E-state index contributed by atoms with van der Waals surface area (Å²) in [6.07, 6.45) is 0. The minimum absolute atomic E-state index is 0.113. The van der Waals surface area contributed by atoms with Crippen molar-refractivity contribution in [3.8, 4) is 6.07 Å². The number of hydrogen-bond donors (Lipinski definition) is 0. The Hall–Kier alpha value is -2.77. The van der Waals surface area contributed by atoms with Crippen molar-refractivity contribution in [1.82, 2.24) is 0 Å². The lowest BCUT2D eigenvalue weighted by atomic mass is 10.2. The molecule has 0 saturated carbocycles. The van der Waals surface area contributed by atoms with E-state index in [0.717, 1.165) is 10.9 Å². The van der Waals surface area contributed by atoms with E-state index in [4.69, 9.17) is 26.0 Å².